The summed E-state index contributed by atoms with van der Waals surface area (Å²) in [5, 5.41) is 3.77. The van der Waals surface area contributed by atoms with Gasteiger partial charge in [-0.05, 0) is 49.2 Å². The van der Waals surface area contributed by atoms with E-state index in [9.17, 15) is 9.59 Å². The Morgan fingerprint density at radius 3 is 2.52 bits per heavy atom. The number of likely N-dealkylation sites (tertiary alicyclic amines) is 1. The van der Waals surface area contributed by atoms with Crippen molar-refractivity contribution in [2.24, 2.45) is 5.92 Å². The second-order valence-corrected chi connectivity index (χ2v) is 7.26. The minimum Gasteiger partial charge on any atom is -0.497 e. The molecule has 0 unspecified atom stereocenters. The number of nitrogens with zero attached hydrogens (tertiary/aromatic N) is 1. The number of carbonyl (C=O) groups excluding carboxylic acids is 2. The van der Waals surface area contributed by atoms with Crippen LogP contribution < -0.4 is 10.1 Å². The number of ether oxygens (including phenoxy) is 1. The molecular formula is C20H20Cl2N2O3. The molecule has 142 valence electrons. The third kappa shape index (κ3) is 4.73. The summed E-state index contributed by atoms with van der Waals surface area (Å²) in [6.07, 6.45) is 1.21. The van der Waals surface area contributed by atoms with Gasteiger partial charge in [-0.1, -0.05) is 29.3 Å². The van der Waals surface area contributed by atoms with Gasteiger partial charge in [0.2, 0.25) is 5.91 Å². The summed E-state index contributed by atoms with van der Waals surface area (Å²) in [5.41, 5.74) is 1.13. The Labute approximate surface area is 168 Å². The molecule has 7 heteroatoms. The number of carbonyl (C=O) groups is 2. The lowest BCUT2D eigenvalue weighted by Gasteiger charge is -2.31. The summed E-state index contributed by atoms with van der Waals surface area (Å²) in [7, 11) is 1.57. The van der Waals surface area contributed by atoms with Crippen LogP contribution in [0, 0.1) is 5.92 Å². The van der Waals surface area contributed by atoms with E-state index in [4.69, 9.17) is 27.9 Å². The zero-order valence-corrected chi connectivity index (χ0v) is 16.4. The first-order valence-corrected chi connectivity index (χ1v) is 9.43. The lowest BCUT2D eigenvalue weighted by molar-refractivity contribution is -0.121. The van der Waals surface area contributed by atoms with E-state index in [-0.39, 0.29) is 17.7 Å². The minimum atomic E-state index is -0.161. The Morgan fingerprint density at radius 2 is 1.85 bits per heavy atom. The lowest BCUT2D eigenvalue weighted by Crippen LogP contribution is -2.41. The molecule has 5 nitrogen and oxygen atoms in total. The van der Waals surface area contributed by atoms with Crippen LogP contribution in [-0.4, -0.2) is 36.9 Å². The number of nitrogens with one attached hydrogen (secondary N) is 1. The zero-order valence-electron chi connectivity index (χ0n) is 14.9. The molecule has 2 aromatic rings. The summed E-state index contributed by atoms with van der Waals surface area (Å²) in [6, 6.07) is 12.0. The molecular weight excluding hydrogens is 387 g/mol. The number of benzene rings is 2. The largest absolute Gasteiger partial charge is 0.497 e. The first-order chi connectivity index (χ1) is 13.0. The standard InChI is InChI=1S/C20H20Cl2N2O3/c1-27-16-4-2-3-14(11-16)20(26)24-9-7-13(8-10-24)19(25)23-18-6-5-15(21)12-17(18)22/h2-6,11-13H,7-10H2,1H3,(H,23,25). The topological polar surface area (TPSA) is 58.6 Å². The van der Waals surface area contributed by atoms with E-state index in [0.717, 1.165) is 0 Å². The maximum absolute atomic E-state index is 12.7. The molecule has 2 amide bonds. The number of hydrogen-bond donors (Lipinski definition) is 1. The highest BCUT2D eigenvalue weighted by Gasteiger charge is 2.28. The predicted molar refractivity (Wildman–Crippen MR) is 107 cm³/mol. The molecule has 0 aromatic heterocycles. The van der Waals surface area contributed by atoms with E-state index in [0.29, 0.717) is 53.0 Å². The van der Waals surface area contributed by atoms with Gasteiger partial charge in [-0.3, -0.25) is 9.59 Å². The van der Waals surface area contributed by atoms with E-state index >= 15 is 0 Å². The molecule has 1 N–H and O–H groups in total. The first-order valence-electron chi connectivity index (χ1n) is 8.67. The molecule has 0 saturated carbocycles. The molecule has 0 spiro atoms. The molecule has 2 aromatic carbocycles. The van der Waals surface area contributed by atoms with Crippen molar-refractivity contribution in [2.45, 2.75) is 12.8 Å². The lowest BCUT2D eigenvalue weighted by atomic mass is 9.95. The van der Waals surface area contributed by atoms with Crippen molar-refractivity contribution in [3.63, 3.8) is 0 Å². The Hall–Kier alpha value is -2.24. The molecule has 1 heterocycles. The quantitative estimate of drug-likeness (QED) is 0.813. The fourth-order valence-electron chi connectivity index (χ4n) is 3.11. The SMILES string of the molecule is COc1cccc(C(=O)N2CCC(C(=O)Nc3ccc(Cl)cc3Cl)CC2)c1. The van der Waals surface area contributed by atoms with Gasteiger partial charge in [-0.25, -0.2) is 0 Å². The number of amides is 2. The molecule has 0 atom stereocenters. The third-order valence-electron chi connectivity index (χ3n) is 4.66. The Morgan fingerprint density at radius 1 is 1.11 bits per heavy atom. The maximum atomic E-state index is 12.7. The van der Waals surface area contributed by atoms with Gasteiger partial charge in [-0.2, -0.15) is 0 Å². The Balaban J connectivity index is 1.57. The van der Waals surface area contributed by atoms with Crippen molar-refractivity contribution in [1.82, 2.24) is 4.90 Å². The molecule has 0 aliphatic carbocycles. The molecule has 1 aliphatic rings. The van der Waals surface area contributed by atoms with Gasteiger partial charge in [0.1, 0.15) is 5.75 Å². The van der Waals surface area contributed by atoms with Gasteiger partial charge in [0.15, 0.2) is 0 Å². The monoisotopic (exact) mass is 406 g/mol. The molecule has 27 heavy (non-hydrogen) atoms. The van der Waals surface area contributed by atoms with E-state index in [1.807, 2.05) is 0 Å². The summed E-state index contributed by atoms with van der Waals surface area (Å²) in [4.78, 5) is 26.9. The van der Waals surface area contributed by atoms with Crippen LogP contribution in [0.3, 0.4) is 0 Å². The minimum absolute atomic E-state index is 0.0477. The van der Waals surface area contributed by atoms with Gasteiger partial charge in [-0.15, -0.1) is 0 Å². The number of hydrogen-bond acceptors (Lipinski definition) is 3. The van der Waals surface area contributed by atoms with Crippen molar-refractivity contribution in [1.29, 1.82) is 0 Å². The van der Waals surface area contributed by atoms with Crippen molar-refractivity contribution in [2.75, 3.05) is 25.5 Å². The van der Waals surface area contributed by atoms with Gasteiger partial charge in [0.05, 0.1) is 17.8 Å². The number of halogens is 2. The fraction of sp³-hybridized carbons (Fsp3) is 0.300. The van der Waals surface area contributed by atoms with Crippen LogP contribution in [0.4, 0.5) is 5.69 Å². The van der Waals surface area contributed by atoms with Crippen LogP contribution in [0.25, 0.3) is 0 Å². The number of piperidine rings is 1. The molecule has 3 rings (SSSR count). The van der Waals surface area contributed by atoms with Crippen molar-refractivity contribution >= 4 is 40.7 Å². The predicted octanol–water partition coefficient (Wildman–Crippen LogP) is 4.49. The average Bonchev–Trinajstić information content (AvgIpc) is 2.69. The Bertz CT molecular complexity index is 849. The van der Waals surface area contributed by atoms with Gasteiger partial charge in [0, 0.05) is 29.6 Å². The van der Waals surface area contributed by atoms with Crippen LogP contribution in [0.5, 0.6) is 5.75 Å². The second kappa shape index (κ2) is 8.63. The van der Waals surface area contributed by atoms with Crippen LogP contribution in [0.1, 0.15) is 23.2 Å². The second-order valence-electron chi connectivity index (χ2n) is 6.41. The van der Waals surface area contributed by atoms with Crippen LogP contribution >= 0.6 is 23.2 Å². The van der Waals surface area contributed by atoms with Crippen molar-refractivity contribution < 1.29 is 14.3 Å². The van der Waals surface area contributed by atoms with Gasteiger partial charge < -0.3 is 15.0 Å². The summed E-state index contributed by atoms with van der Waals surface area (Å²) < 4.78 is 5.17. The highest BCUT2D eigenvalue weighted by Crippen LogP contribution is 2.27. The fourth-order valence-corrected chi connectivity index (χ4v) is 3.56. The molecule has 1 fully saturated rings. The van der Waals surface area contributed by atoms with Crippen molar-refractivity contribution in [3.05, 3.63) is 58.1 Å². The first kappa shape index (κ1) is 19.5. The Kier molecular flexibility index (Phi) is 6.24. The zero-order chi connectivity index (χ0) is 19.4. The number of anilines is 1. The maximum Gasteiger partial charge on any atom is 0.253 e. The average molecular weight is 407 g/mol. The van der Waals surface area contributed by atoms with Gasteiger partial charge >= 0.3 is 0 Å². The van der Waals surface area contributed by atoms with Crippen molar-refractivity contribution in [3.8, 4) is 5.75 Å². The number of methoxy groups -OCH3 is 1. The van der Waals surface area contributed by atoms with E-state index < -0.39 is 0 Å². The van der Waals surface area contributed by atoms with Crippen LogP contribution in [0.2, 0.25) is 10.0 Å². The molecule has 1 aliphatic heterocycles. The van der Waals surface area contributed by atoms with Crippen LogP contribution in [-0.2, 0) is 4.79 Å². The van der Waals surface area contributed by atoms with Crippen LogP contribution in [0.15, 0.2) is 42.5 Å². The molecule has 0 radical (unpaired) electrons. The van der Waals surface area contributed by atoms with E-state index in [1.165, 1.54) is 0 Å². The smallest absolute Gasteiger partial charge is 0.253 e. The summed E-state index contributed by atoms with van der Waals surface area (Å²) in [5.74, 6) is 0.349. The summed E-state index contributed by atoms with van der Waals surface area (Å²) >= 11 is 12.0. The highest BCUT2D eigenvalue weighted by atomic mass is 35.5. The summed E-state index contributed by atoms with van der Waals surface area (Å²) in [6.45, 7) is 1.06. The molecule has 0 bridgehead atoms. The normalized spacial score (nSPS) is 14.7. The third-order valence-corrected chi connectivity index (χ3v) is 5.21. The van der Waals surface area contributed by atoms with E-state index in [2.05, 4.69) is 5.32 Å². The van der Waals surface area contributed by atoms with Gasteiger partial charge in [0.25, 0.3) is 5.91 Å². The van der Waals surface area contributed by atoms with E-state index in [1.54, 1.807) is 54.5 Å². The number of rotatable bonds is 4. The molecule has 1 saturated heterocycles. The highest BCUT2D eigenvalue weighted by molar-refractivity contribution is 6.36.